The zero-order chi connectivity index (χ0) is 25.4. The Kier molecular flexibility index (Phi) is 18.9. The van der Waals surface area contributed by atoms with Crippen LogP contribution in [0.4, 0.5) is 4.79 Å². The molecule has 0 bridgehead atoms. The van der Waals surface area contributed by atoms with Crippen molar-refractivity contribution in [3.8, 4) is 5.75 Å². The number of aryl methyl sites for hydroxylation is 2. The van der Waals surface area contributed by atoms with Crippen LogP contribution in [0.25, 0.3) is 0 Å². The predicted octanol–water partition coefficient (Wildman–Crippen LogP) is 3.33. The van der Waals surface area contributed by atoms with E-state index in [0.29, 0.717) is 6.42 Å². The van der Waals surface area contributed by atoms with Crippen LogP contribution in [0.1, 0.15) is 107 Å². The fraction of sp³-hybridized carbons (Fsp3) is 0.731. The van der Waals surface area contributed by atoms with Gasteiger partial charge in [-0.15, -0.1) is 0 Å². The van der Waals surface area contributed by atoms with Crippen molar-refractivity contribution < 1.29 is 56.8 Å². The largest absolute Gasteiger partial charge is 1.00 e. The van der Waals surface area contributed by atoms with Crippen LogP contribution in [-0.4, -0.2) is 38.5 Å². The maximum absolute atomic E-state index is 12.4. The number of hydrogen-bond acceptors (Lipinski definition) is 6. The molecule has 1 aromatic rings. The first kappa shape index (κ1) is 34.2. The van der Waals surface area contributed by atoms with E-state index in [0.717, 1.165) is 35.3 Å². The molecule has 0 saturated carbocycles. The predicted molar refractivity (Wildman–Crippen MR) is 135 cm³/mol. The Labute approximate surface area is 235 Å². The molecule has 0 radical (unpaired) electrons. The second-order valence-corrected chi connectivity index (χ2v) is 10.6. The zero-order valence-electron chi connectivity index (χ0n) is 22.5. The molecule has 0 aromatic heterocycles. The number of carbonyl (C=O) groups excluding carboxylic acids is 1. The normalized spacial score (nSPS) is 12.0. The summed E-state index contributed by atoms with van der Waals surface area (Å²) in [7, 11) is -2.66. The molecule has 0 heterocycles. The number of methoxy groups -OCH3 is 1. The molecule has 1 unspecified atom stereocenters. The number of benzene rings is 1. The second-order valence-electron chi connectivity index (χ2n) is 9.08. The molecular formula is C26H44NNaO6S. The topological polar surface area (TPSA) is 105 Å². The van der Waals surface area contributed by atoms with E-state index < -0.39 is 28.1 Å². The standard InChI is InChI=1S/C26H45NO6S.Na/c1-5-6-7-8-9-10-11-12-13-14-16-24(25-21(2)19-23(32-4)20-22(25)3)33-26(28)27-17-15-18-34(29,30)31;/h19-20,24H,5-18H2,1-4H3,(H,27,28)(H,29,30,31);/q;+1/p-1. The molecule has 0 aliphatic carbocycles. The number of amides is 1. The third kappa shape index (κ3) is 15.8. The van der Waals surface area contributed by atoms with Crippen LogP contribution in [-0.2, 0) is 14.9 Å². The molecule has 0 spiro atoms. The maximum atomic E-state index is 12.4. The summed E-state index contributed by atoms with van der Waals surface area (Å²) in [4.78, 5) is 12.4. The van der Waals surface area contributed by atoms with Crippen LogP contribution in [0, 0.1) is 13.8 Å². The number of ether oxygens (including phenoxy) is 2. The number of alkyl carbamates (subject to hydrolysis) is 1. The number of unbranched alkanes of at least 4 members (excludes halogenated alkanes) is 9. The van der Waals surface area contributed by atoms with E-state index in [1.165, 1.54) is 51.4 Å². The number of hydrogen-bond donors (Lipinski definition) is 1. The van der Waals surface area contributed by atoms with Crippen LogP contribution in [0.2, 0.25) is 0 Å². The van der Waals surface area contributed by atoms with Crippen LogP contribution >= 0.6 is 0 Å². The summed E-state index contributed by atoms with van der Waals surface area (Å²) in [5, 5.41) is 2.57. The van der Waals surface area contributed by atoms with Crippen molar-refractivity contribution in [2.24, 2.45) is 0 Å². The zero-order valence-corrected chi connectivity index (χ0v) is 25.3. The Morgan fingerprint density at radius 1 is 0.943 bits per heavy atom. The molecular weight excluding hydrogens is 477 g/mol. The first-order valence-corrected chi connectivity index (χ1v) is 14.3. The van der Waals surface area contributed by atoms with Crippen LogP contribution in [0.5, 0.6) is 5.75 Å². The fourth-order valence-electron chi connectivity index (χ4n) is 4.25. The molecule has 0 saturated heterocycles. The third-order valence-corrected chi connectivity index (χ3v) is 6.82. The molecule has 1 amide bonds. The molecule has 0 aliphatic heterocycles. The summed E-state index contributed by atoms with van der Waals surface area (Å²) >= 11 is 0. The van der Waals surface area contributed by atoms with Gasteiger partial charge in [0.15, 0.2) is 0 Å². The molecule has 0 aliphatic rings. The summed E-state index contributed by atoms with van der Waals surface area (Å²) in [5.41, 5.74) is 2.98. The Balaban J connectivity index is 0.0000116. The SMILES string of the molecule is CCCCCCCCCCCCC(OC(=O)NCCCS(=O)(=O)[O-])c1c(C)cc(OC)cc1C.[Na+]. The molecule has 1 atom stereocenters. The van der Waals surface area contributed by atoms with Gasteiger partial charge in [0.2, 0.25) is 0 Å². The van der Waals surface area contributed by atoms with E-state index in [1.54, 1.807) is 7.11 Å². The molecule has 1 N–H and O–H groups in total. The van der Waals surface area contributed by atoms with Gasteiger partial charge in [0, 0.05) is 12.3 Å². The summed E-state index contributed by atoms with van der Waals surface area (Å²) < 4.78 is 43.3. The van der Waals surface area contributed by atoms with Crippen molar-refractivity contribution >= 4 is 16.2 Å². The molecule has 196 valence electrons. The Hall–Kier alpha value is -0.800. The average Bonchev–Trinajstić information content (AvgIpc) is 2.76. The number of nitrogens with one attached hydrogen (secondary N) is 1. The van der Waals surface area contributed by atoms with E-state index in [1.807, 2.05) is 26.0 Å². The monoisotopic (exact) mass is 521 g/mol. The van der Waals surface area contributed by atoms with Gasteiger partial charge in [0.05, 0.1) is 17.2 Å². The van der Waals surface area contributed by atoms with Crippen LogP contribution < -0.4 is 39.6 Å². The number of carbonyl (C=O) groups is 1. The van der Waals surface area contributed by atoms with Gasteiger partial charge in [-0.05, 0) is 61.9 Å². The summed E-state index contributed by atoms with van der Waals surface area (Å²) in [6.45, 7) is 6.27. The van der Waals surface area contributed by atoms with Crippen LogP contribution in [0.15, 0.2) is 12.1 Å². The first-order chi connectivity index (χ1) is 16.2. The Morgan fingerprint density at radius 3 is 1.94 bits per heavy atom. The van der Waals surface area contributed by atoms with Crippen molar-refractivity contribution in [2.75, 3.05) is 19.4 Å². The minimum atomic E-state index is -4.29. The molecule has 35 heavy (non-hydrogen) atoms. The van der Waals surface area contributed by atoms with Crippen molar-refractivity contribution in [3.63, 3.8) is 0 Å². The van der Waals surface area contributed by atoms with Gasteiger partial charge in [0.1, 0.15) is 11.9 Å². The van der Waals surface area contributed by atoms with E-state index in [9.17, 15) is 17.8 Å². The minimum Gasteiger partial charge on any atom is -0.748 e. The Bertz CT molecular complexity index is 808. The smallest absolute Gasteiger partial charge is 0.748 e. The summed E-state index contributed by atoms with van der Waals surface area (Å²) in [6, 6.07) is 3.88. The molecule has 1 aromatic carbocycles. The average molecular weight is 522 g/mol. The van der Waals surface area contributed by atoms with Gasteiger partial charge in [0.25, 0.3) is 0 Å². The van der Waals surface area contributed by atoms with Gasteiger partial charge in [-0.1, -0.05) is 64.7 Å². The second kappa shape index (κ2) is 19.3. The Morgan fingerprint density at radius 2 is 1.46 bits per heavy atom. The molecule has 1 rings (SSSR count). The fourth-order valence-corrected chi connectivity index (χ4v) is 4.75. The first-order valence-electron chi connectivity index (χ1n) is 12.7. The summed E-state index contributed by atoms with van der Waals surface area (Å²) in [5.74, 6) is 0.256. The molecule has 7 nitrogen and oxygen atoms in total. The van der Waals surface area contributed by atoms with Crippen molar-refractivity contribution in [2.45, 2.75) is 104 Å². The van der Waals surface area contributed by atoms with Crippen molar-refractivity contribution in [1.82, 2.24) is 5.32 Å². The van der Waals surface area contributed by atoms with Gasteiger partial charge in [-0.2, -0.15) is 0 Å². The summed E-state index contributed by atoms with van der Waals surface area (Å²) in [6.07, 6.45) is 12.1. The van der Waals surface area contributed by atoms with Gasteiger partial charge in [-0.3, -0.25) is 0 Å². The maximum Gasteiger partial charge on any atom is 1.00 e. The van der Waals surface area contributed by atoms with E-state index >= 15 is 0 Å². The molecule has 0 fully saturated rings. The van der Waals surface area contributed by atoms with Gasteiger partial charge < -0.3 is 19.3 Å². The molecule has 9 heteroatoms. The van der Waals surface area contributed by atoms with E-state index in [-0.39, 0.29) is 42.5 Å². The van der Waals surface area contributed by atoms with Gasteiger partial charge in [-0.25, -0.2) is 13.2 Å². The number of rotatable bonds is 18. The minimum absolute atomic E-state index is 0. The van der Waals surface area contributed by atoms with Crippen LogP contribution in [0.3, 0.4) is 0 Å². The van der Waals surface area contributed by atoms with E-state index in [2.05, 4.69) is 12.2 Å². The van der Waals surface area contributed by atoms with E-state index in [4.69, 9.17) is 9.47 Å². The van der Waals surface area contributed by atoms with Crippen molar-refractivity contribution in [1.29, 1.82) is 0 Å². The quantitative estimate of drug-likeness (QED) is 0.181. The van der Waals surface area contributed by atoms with Gasteiger partial charge >= 0.3 is 35.7 Å². The van der Waals surface area contributed by atoms with Crippen molar-refractivity contribution in [3.05, 3.63) is 28.8 Å². The third-order valence-electron chi connectivity index (χ3n) is 6.03.